The van der Waals surface area contributed by atoms with Gasteiger partial charge in [-0.15, -0.1) is 11.8 Å². The molecule has 0 spiro atoms. The molecule has 0 atom stereocenters. The number of carbonyl (C=O) groups is 1. The quantitative estimate of drug-likeness (QED) is 0.598. The van der Waals surface area contributed by atoms with Gasteiger partial charge in [-0.25, -0.2) is 4.79 Å². The van der Waals surface area contributed by atoms with E-state index in [0.717, 1.165) is 30.0 Å². The first kappa shape index (κ1) is 13.9. The number of nitrogens with one attached hydrogen (secondary N) is 2. The monoisotopic (exact) mass is 252 g/mol. The maximum absolute atomic E-state index is 11.6. The highest BCUT2D eigenvalue weighted by Crippen LogP contribution is 2.24. The molecule has 0 saturated heterocycles. The van der Waals surface area contributed by atoms with Crippen molar-refractivity contribution in [3.8, 4) is 0 Å². The zero-order chi connectivity index (χ0) is 12.5. The first-order valence-corrected chi connectivity index (χ1v) is 7.18. The van der Waals surface area contributed by atoms with E-state index in [1.165, 1.54) is 6.42 Å². The van der Waals surface area contributed by atoms with Crippen LogP contribution in [-0.2, 0) is 0 Å². The first-order valence-electron chi connectivity index (χ1n) is 5.95. The molecule has 0 heterocycles. The Kier molecular flexibility index (Phi) is 6.55. The Morgan fingerprint density at radius 2 is 2.06 bits per heavy atom. The number of rotatable bonds is 6. The topological polar surface area (TPSA) is 41.1 Å². The van der Waals surface area contributed by atoms with E-state index < -0.39 is 0 Å². The third kappa shape index (κ3) is 5.13. The zero-order valence-electron chi connectivity index (χ0n) is 10.5. The predicted molar refractivity (Wildman–Crippen MR) is 74.8 cm³/mol. The first-order chi connectivity index (χ1) is 8.27. The molecule has 2 N–H and O–H groups in total. The molecular weight excluding hydrogens is 232 g/mol. The SMILES string of the molecule is CCCCCNC(=O)Nc1ccccc1SC. The molecule has 0 unspecified atom stereocenters. The minimum absolute atomic E-state index is 0.123. The second kappa shape index (κ2) is 8.01. The Bertz CT molecular complexity index is 355. The van der Waals surface area contributed by atoms with E-state index in [1.807, 2.05) is 30.5 Å². The summed E-state index contributed by atoms with van der Waals surface area (Å²) in [5.41, 5.74) is 0.869. The number of amides is 2. The number of anilines is 1. The number of unbranched alkanes of at least 4 members (excludes halogenated alkanes) is 2. The molecule has 94 valence electrons. The molecule has 0 saturated carbocycles. The van der Waals surface area contributed by atoms with Crippen LogP contribution < -0.4 is 10.6 Å². The van der Waals surface area contributed by atoms with Gasteiger partial charge in [0.15, 0.2) is 0 Å². The van der Waals surface area contributed by atoms with Gasteiger partial charge < -0.3 is 10.6 Å². The van der Waals surface area contributed by atoms with Crippen LogP contribution in [0.3, 0.4) is 0 Å². The smallest absolute Gasteiger partial charge is 0.319 e. The number of benzene rings is 1. The highest BCUT2D eigenvalue weighted by atomic mass is 32.2. The molecule has 0 bridgehead atoms. The predicted octanol–water partition coefficient (Wildman–Crippen LogP) is 3.72. The van der Waals surface area contributed by atoms with Gasteiger partial charge in [-0.05, 0) is 24.8 Å². The van der Waals surface area contributed by atoms with Crippen molar-refractivity contribution in [3.05, 3.63) is 24.3 Å². The van der Waals surface area contributed by atoms with Gasteiger partial charge in [0.1, 0.15) is 0 Å². The Labute approximate surface area is 107 Å². The van der Waals surface area contributed by atoms with Crippen molar-refractivity contribution in [2.45, 2.75) is 31.1 Å². The number of para-hydroxylation sites is 1. The van der Waals surface area contributed by atoms with Crippen molar-refractivity contribution in [2.24, 2.45) is 0 Å². The van der Waals surface area contributed by atoms with Crippen LogP contribution in [0.25, 0.3) is 0 Å². The van der Waals surface area contributed by atoms with E-state index in [1.54, 1.807) is 11.8 Å². The van der Waals surface area contributed by atoms with Gasteiger partial charge in [0.2, 0.25) is 0 Å². The fourth-order valence-corrected chi connectivity index (χ4v) is 2.04. The second-order valence-electron chi connectivity index (χ2n) is 3.79. The summed E-state index contributed by atoms with van der Waals surface area (Å²) in [6.07, 6.45) is 5.36. The highest BCUT2D eigenvalue weighted by molar-refractivity contribution is 7.98. The third-order valence-electron chi connectivity index (χ3n) is 2.42. The summed E-state index contributed by atoms with van der Waals surface area (Å²) in [6, 6.07) is 7.68. The van der Waals surface area contributed by atoms with E-state index in [-0.39, 0.29) is 6.03 Å². The summed E-state index contributed by atoms with van der Waals surface area (Å²) in [5, 5.41) is 5.73. The molecule has 17 heavy (non-hydrogen) atoms. The maximum Gasteiger partial charge on any atom is 0.319 e. The van der Waals surface area contributed by atoms with Crippen LogP contribution in [0.15, 0.2) is 29.2 Å². The van der Waals surface area contributed by atoms with Gasteiger partial charge in [-0.3, -0.25) is 0 Å². The molecular formula is C13H20N2OS. The van der Waals surface area contributed by atoms with Gasteiger partial charge in [0.05, 0.1) is 5.69 Å². The summed E-state index contributed by atoms with van der Waals surface area (Å²) in [5.74, 6) is 0. The van der Waals surface area contributed by atoms with Crippen LogP contribution in [0.5, 0.6) is 0 Å². The molecule has 3 nitrogen and oxygen atoms in total. The van der Waals surface area contributed by atoms with Crippen molar-refractivity contribution in [1.29, 1.82) is 0 Å². The average molecular weight is 252 g/mol. The van der Waals surface area contributed by atoms with Gasteiger partial charge in [-0.1, -0.05) is 31.9 Å². The molecule has 1 aromatic carbocycles. The summed E-state index contributed by atoms with van der Waals surface area (Å²) in [7, 11) is 0. The van der Waals surface area contributed by atoms with E-state index in [0.29, 0.717) is 0 Å². The lowest BCUT2D eigenvalue weighted by Crippen LogP contribution is -2.29. The van der Waals surface area contributed by atoms with Crippen LogP contribution in [0.2, 0.25) is 0 Å². The minimum Gasteiger partial charge on any atom is -0.338 e. The molecule has 4 heteroatoms. The van der Waals surface area contributed by atoms with E-state index >= 15 is 0 Å². The normalized spacial score (nSPS) is 10.0. The number of thioether (sulfide) groups is 1. The Hall–Kier alpha value is -1.16. The largest absolute Gasteiger partial charge is 0.338 e. The molecule has 0 aromatic heterocycles. The van der Waals surface area contributed by atoms with Crippen molar-refractivity contribution in [2.75, 3.05) is 18.1 Å². The van der Waals surface area contributed by atoms with E-state index in [2.05, 4.69) is 17.6 Å². The molecule has 0 aliphatic heterocycles. The fourth-order valence-electron chi connectivity index (χ4n) is 1.49. The summed E-state index contributed by atoms with van der Waals surface area (Å²) in [4.78, 5) is 12.7. The van der Waals surface area contributed by atoms with Crippen LogP contribution >= 0.6 is 11.8 Å². The minimum atomic E-state index is -0.123. The van der Waals surface area contributed by atoms with Crippen LogP contribution in [0.1, 0.15) is 26.2 Å². The molecule has 0 fully saturated rings. The number of hydrogen-bond donors (Lipinski definition) is 2. The molecule has 0 radical (unpaired) electrons. The molecule has 1 aromatic rings. The fraction of sp³-hybridized carbons (Fsp3) is 0.462. The second-order valence-corrected chi connectivity index (χ2v) is 4.64. The van der Waals surface area contributed by atoms with Crippen molar-refractivity contribution in [3.63, 3.8) is 0 Å². The lowest BCUT2D eigenvalue weighted by atomic mass is 10.2. The Morgan fingerprint density at radius 3 is 2.76 bits per heavy atom. The standard InChI is InChI=1S/C13H20N2OS/c1-3-4-7-10-14-13(16)15-11-8-5-6-9-12(11)17-2/h5-6,8-9H,3-4,7,10H2,1-2H3,(H2,14,15,16). The number of urea groups is 1. The lowest BCUT2D eigenvalue weighted by molar-refractivity contribution is 0.252. The van der Waals surface area contributed by atoms with Gasteiger partial charge in [-0.2, -0.15) is 0 Å². The van der Waals surface area contributed by atoms with Gasteiger partial charge >= 0.3 is 6.03 Å². The Balaban J connectivity index is 2.39. The van der Waals surface area contributed by atoms with E-state index in [9.17, 15) is 4.79 Å². The van der Waals surface area contributed by atoms with Crippen molar-refractivity contribution >= 4 is 23.5 Å². The molecule has 1 rings (SSSR count). The maximum atomic E-state index is 11.6. The van der Waals surface area contributed by atoms with Crippen LogP contribution in [0.4, 0.5) is 10.5 Å². The third-order valence-corrected chi connectivity index (χ3v) is 3.22. The number of carbonyl (C=O) groups excluding carboxylic acids is 1. The molecule has 0 aliphatic carbocycles. The Morgan fingerprint density at radius 1 is 1.29 bits per heavy atom. The molecule has 2 amide bonds. The molecule has 0 aliphatic rings. The summed E-state index contributed by atoms with van der Waals surface area (Å²) >= 11 is 1.63. The summed E-state index contributed by atoms with van der Waals surface area (Å²) in [6.45, 7) is 2.88. The average Bonchev–Trinajstić information content (AvgIpc) is 2.35. The van der Waals surface area contributed by atoms with Gasteiger partial charge in [0.25, 0.3) is 0 Å². The lowest BCUT2D eigenvalue weighted by Gasteiger charge is -2.10. The van der Waals surface area contributed by atoms with Gasteiger partial charge in [0, 0.05) is 11.4 Å². The van der Waals surface area contributed by atoms with Crippen LogP contribution in [-0.4, -0.2) is 18.8 Å². The van der Waals surface area contributed by atoms with Crippen molar-refractivity contribution in [1.82, 2.24) is 5.32 Å². The van der Waals surface area contributed by atoms with E-state index in [4.69, 9.17) is 0 Å². The zero-order valence-corrected chi connectivity index (χ0v) is 11.3. The summed E-state index contributed by atoms with van der Waals surface area (Å²) < 4.78 is 0. The number of hydrogen-bond acceptors (Lipinski definition) is 2. The highest BCUT2D eigenvalue weighted by Gasteiger charge is 2.04. The van der Waals surface area contributed by atoms with Crippen LogP contribution in [0, 0.1) is 0 Å². The van der Waals surface area contributed by atoms with Crippen molar-refractivity contribution < 1.29 is 4.79 Å².